The van der Waals surface area contributed by atoms with Gasteiger partial charge in [0.15, 0.2) is 0 Å². The maximum absolute atomic E-state index is 6.33. The van der Waals surface area contributed by atoms with E-state index in [1.165, 1.54) is 25.4 Å². The van der Waals surface area contributed by atoms with Gasteiger partial charge in [-0.15, -0.1) is 0 Å². The fourth-order valence-corrected chi connectivity index (χ4v) is 5.00. The van der Waals surface area contributed by atoms with Gasteiger partial charge in [-0.2, -0.15) is 0 Å². The molecule has 1 aliphatic rings. The zero-order valence-corrected chi connectivity index (χ0v) is 9.38. The van der Waals surface area contributed by atoms with Crippen LogP contribution in [0.4, 0.5) is 0 Å². The summed E-state index contributed by atoms with van der Waals surface area (Å²) in [5, 5.41) is 0. The molecule has 1 saturated carbocycles. The van der Waals surface area contributed by atoms with Crippen molar-refractivity contribution in [2.75, 3.05) is 6.16 Å². The Morgan fingerprint density at radius 1 is 1.36 bits per heavy atom. The average Bonchev–Trinajstić information content (AvgIpc) is 1.50. The SMILES string of the molecule is CC(C)(C)CP(Cl)C1CCC1. The van der Waals surface area contributed by atoms with E-state index >= 15 is 0 Å². The third-order valence-corrected chi connectivity index (χ3v) is 5.84. The molecule has 0 heterocycles. The van der Waals surface area contributed by atoms with Crippen LogP contribution in [0.25, 0.3) is 0 Å². The molecular weight excluding hydrogens is 175 g/mol. The summed E-state index contributed by atoms with van der Waals surface area (Å²) < 4.78 is 0. The van der Waals surface area contributed by atoms with Crippen molar-refractivity contribution in [3.05, 3.63) is 0 Å². The van der Waals surface area contributed by atoms with Crippen molar-refractivity contribution in [1.29, 1.82) is 0 Å². The molecule has 0 aromatic rings. The molecule has 1 atom stereocenters. The lowest BCUT2D eigenvalue weighted by Crippen LogP contribution is -2.19. The van der Waals surface area contributed by atoms with Gasteiger partial charge in [0.2, 0.25) is 0 Å². The maximum Gasteiger partial charge on any atom is -0.00604 e. The normalized spacial score (nSPS) is 22.9. The first-order valence-corrected chi connectivity index (χ1v) is 6.91. The summed E-state index contributed by atoms with van der Waals surface area (Å²) >= 11 is 6.33. The van der Waals surface area contributed by atoms with Crippen molar-refractivity contribution in [3.8, 4) is 0 Å². The predicted molar refractivity (Wildman–Crippen MR) is 54.7 cm³/mol. The van der Waals surface area contributed by atoms with Crippen molar-refractivity contribution in [1.82, 2.24) is 0 Å². The predicted octanol–water partition coefficient (Wildman–Crippen LogP) is 4.22. The zero-order valence-electron chi connectivity index (χ0n) is 7.73. The summed E-state index contributed by atoms with van der Waals surface area (Å²) in [6, 6.07) is 0. The van der Waals surface area contributed by atoms with E-state index in [1.54, 1.807) is 0 Å². The largest absolute Gasteiger partial charge is 0.0961 e. The average molecular weight is 193 g/mol. The van der Waals surface area contributed by atoms with Gasteiger partial charge in [0.05, 0.1) is 0 Å². The van der Waals surface area contributed by atoms with Crippen molar-refractivity contribution in [3.63, 3.8) is 0 Å². The molecule has 1 rings (SSSR count). The van der Waals surface area contributed by atoms with Crippen molar-refractivity contribution >= 4 is 18.5 Å². The molecule has 1 unspecified atom stereocenters. The zero-order chi connectivity index (χ0) is 8.48. The summed E-state index contributed by atoms with van der Waals surface area (Å²) in [6.45, 7) is 6.84. The van der Waals surface area contributed by atoms with Crippen LogP contribution in [0.1, 0.15) is 40.0 Å². The first-order chi connectivity index (χ1) is 4.99. The van der Waals surface area contributed by atoms with Crippen LogP contribution in [0.3, 0.4) is 0 Å². The second-order valence-electron chi connectivity index (χ2n) is 4.70. The van der Waals surface area contributed by atoms with Crippen LogP contribution in [0.15, 0.2) is 0 Å². The van der Waals surface area contributed by atoms with Crippen LogP contribution in [0, 0.1) is 5.41 Å². The van der Waals surface area contributed by atoms with Crippen molar-refractivity contribution in [2.24, 2.45) is 5.41 Å². The molecule has 0 saturated heterocycles. The Hall–Kier alpha value is 0.720. The molecule has 0 nitrogen and oxygen atoms in total. The minimum Gasteiger partial charge on any atom is -0.0961 e. The van der Waals surface area contributed by atoms with Gasteiger partial charge in [0.25, 0.3) is 0 Å². The van der Waals surface area contributed by atoms with Gasteiger partial charge in [0.1, 0.15) is 0 Å². The summed E-state index contributed by atoms with van der Waals surface area (Å²) in [6.07, 6.45) is 5.44. The molecule has 0 aromatic carbocycles. The maximum atomic E-state index is 6.33. The molecule has 2 heteroatoms. The van der Waals surface area contributed by atoms with E-state index in [9.17, 15) is 0 Å². The van der Waals surface area contributed by atoms with Gasteiger partial charge < -0.3 is 0 Å². The van der Waals surface area contributed by atoms with Gasteiger partial charge in [0, 0.05) is 0 Å². The minimum atomic E-state index is -0.171. The van der Waals surface area contributed by atoms with Crippen molar-refractivity contribution < 1.29 is 0 Å². The molecule has 1 aliphatic carbocycles. The first-order valence-electron chi connectivity index (χ1n) is 4.41. The quantitative estimate of drug-likeness (QED) is 0.575. The standard InChI is InChI=1S/C9H18ClP/c1-9(2,3)7-11(10)8-5-4-6-8/h8H,4-7H2,1-3H3. The molecule has 66 valence electrons. The molecule has 0 N–H and O–H groups in total. The second-order valence-corrected chi connectivity index (χ2v) is 7.85. The number of hydrogen-bond acceptors (Lipinski definition) is 0. The molecule has 11 heavy (non-hydrogen) atoms. The summed E-state index contributed by atoms with van der Waals surface area (Å²) in [5.41, 5.74) is 1.33. The van der Waals surface area contributed by atoms with E-state index in [1.807, 2.05) is 0 Å². The third kappa shape index (κ3) is 3.30. The molecule has 1 fully saturated rings. The fraction of sp³-hybridized carbons (Fsp3) is 1.00. The Kier molecular flexibility index (Phi) is 3.23. The number of halogens is 1. The van der Waals surface area contributed by atoms with E-state index in [4.69, 9.17) is 11.2 Å². The van der Waals surface area contributed by atoms with Gasteiger partial charge in [-0.25, -0.2) is 0 Å². The molecule has 0 radical (unpaired) electrons. The first kappa shape index (κ1) is 9.81. The topological polar surface area (TPSA) is 0 Å². The Labute approximate surface area is 76.2 Å². The van der Waals surface area contributed by atoms with Gasteiger partial charge in [-0.1, -0.05) is 38.4 Å². The molecule has 0 aromatic heterocycles. The highest BCUT2D eigenvalue weighted by atomic mass is 35.7. The molecule has 0 amide bonds. The van der Waals surface area contributed by atoms with E-state index in [-0.39, 0.29) is 7.27 Å². The lowest BCUT2D eigenvalue weighted by atomic mass is 9.99. The summed E-state index contributed by atoms with van der Waals surface area (Å²) in [5.74, 6) is 0. The Balaban J connectivity index is 2.24. The van der Waals surface area contributed by atoms with Gasteiger partial charge in [-0.3, -0.25) is 0 Å². The van der Waals surface area contributed by atoms with Crippen LogP contribution in [0.2, 0.25) is 0 Å². The number of rotatable bonds is 2. The van der Waals surface area contributed by atoms with E-state index < -0.39 is 0 Å². The third-order valence-electron chi connectivity index (χ3n) is 2.10. The van der Waals surface area contributed by atoms with E-state index in [2.05, 4.69) is 20.8 Å². The van der Waals surface area contributed by atoms with Crippen LogP contribution < -0.4 is 0 Å². The van der Waals surface area contributed by atoms with Crippen LogP contribution >= 0.6 is 18.5 Å². The Morgan fingerprint density at radius 3 is 2.18 bits per heavy atom. The molecule has 0 bridgehead atoms. The lowest BCUT2D eigenvalue weighted by molar-refractivity contribution is 0.466. The minimum absolute atomic E-state index is 0.171. The highest BCUT2D eigenvalue weighted by Crippen LogP contribution is 2.56. The molecule has 0 spiro atoms. The summed E-state index contributed by atoms with van der Waals surface area (Å²) in [4.78, 5) is 0. The summed E-state index contributed by atoms with van der Waals surface area (Å²) in [7, 11) is -0.171. The van der Waals surface area contributed by atoms with Gasteiger partial charge >= 0.3 is 0 Å². The van der Waals surface area contributed by atoms with E-state index in [0.29, 0.717) is 5.41 Å². The van der Waals surface area contributed by atoms with Crippen molar-refractivity contribution in [2.45, 2.75) is 45.7 Å². The highest BCUT2D eigenvalue weighted by molar-refractivity contribution is 7.84. The molecule has 0 aliphatic heterocycles. The highest BCUT2D eigenvalue weighted by Gasteiger charge is 2.28. The smallest absolute Gasteiger partial charge is 0.00604 e. The number of hydrogen-bond donors (Lipinski definition) is 0. The van der Waals surface area contributed by atoms with E-state index in [0.717, 1.165) is 5.66 Å². The monoisotopic (exact) mass is 192 g/mol. The van der Waals surface area contributed by atoms with Crippen LogP contribution in [-0.2, 0) is 0 Å². The second kappa shape index (κ2) is 3.62. The fourth-order valence-electron chi connectivity index (χ4n) is 1.25. The molecular formula is C9H18ClP. The van der Waals surface area contributed by atoms with Gasteiger partial charge in [-0.05, 0) is 37.4 Å². The lowest BCUT2D eigenvalue weighted by Gasteiger charge is -2.33. The van der Waals surface area contributed by atoms with Crippen LogP contribution in [0.5, 0.6) is 0 Å². The van der Waals surface area contributed by atoms with Crippen LogP contribution in [-0.4, -0.2) is 11.8 Å². The Bertz CT molecular complexity index is 124. The Morgan fingerprint density at radius 2 is 1.91 bits per heavy atom.